The van der Waals surface area contributed by atoms with Gasteiger partial charge in [-0.3, -0.25) is 9.80 Å². The zero-order chi connectivity index (χ0) is 20.5. The van der Waals surface area contributed by atoms with Crippen LogP contribution in [0.25, 0.3) is 0 Å². The first-order chi connectivity index (χ1) is 14.7. The predicted octanol–water partition coefficient (Wildman–Crippen LogP) is 4.27. The lowest BCUT2D eigenvalue weighted by Crippen LogP contribution is -2.49. The average Bonchev–Trinajstić information content (AvgIpc) is 3.10. The second kappa shape index (κ2) is 8.91. The van der Waals surface area contributed by atoms with E-state index in [0.717, 1.165) is 56.7 Å². The highest BCUT2D eigenvalue weighted by Gasteiger charge is 2.30. The highest BCUT2D eigenvalue weighted by atomic mass is 79.9. The summed E-state index contributed by atoms with van der Waals surface area (Å²) in [4.78, 5) is 21.3. The number of carbonyl (C=O) groups excluding carboxylic acids is 1. The van der Waals surface area contributed by atoms with Crippen molar-refractivity contribution in [3.05, 3.63) is 58.1 Å². The molecule has 2 aromatic rings. The Balaban J connectivity index is 1.28. The van der Waals surface area contributed by atoms with Crippen LogP contribution >= 0.6 is 27.7 Å². The fourth-order valence-corrected chi connectivity index (χ4v) is 6.13. The van der Waals surface area contributed by atoms with Crippen LogP contribution in [-0.2, 0) is 11.2 Å². The molecule has 158 valence electrons. The summed E-state index contributed by atoms with van der Waals surface area (Å²) in [7, 11) is 0. The van der Waals surface area contributed by atoms with Crippen molar-refractivity contribution in [3.8, 4) is 0 Å². The van der Waals surface area contributed by atoms with Gasteiger partial charge in [-0.05, 0) is 41.8 Å². The van der Waals surface area contributed by atoms with E-state index >= 15 is 0 Å². The third-order valence-electron chi connectivity index (χ3n) is 6.31. The second-order valence-corrected chi connectivity index (χ2v) is 10.1. The van der Waals surface area contributed by atoms with Gasteiger partial charge in [0.05, 0.1) is 6.54 Å². The number of ether oxygens (including phenoxy) is 1. The van der Waals surface area contributed by atoms with Crippen molar-refractivity contribution in [1.29, 1.82) is 0 Å². The van der Waals surface area contributed by atoms with Crippen LogP contribution in [0.15, 0.2) is 56.7 Å². The first-order valence-electron chi connectivity index (χ1n) is 10.6. The lowest BCUT2D eigenvalue weighted by atomic mass is 9.96. The number of nitrogens with zero attached hydrogens (tertiary/aromatic N) is 3. The largest absolute Gasteiger partial charge is 0.448 e. The first kappa shape index (κ1) is 20.4. The van der Waals surface area contributed by atoms with Gasteiger partial charge in [0.2, 0.25) is 0 Å². The minimum absolute atomic E-state index is 0.161. The third kappa shape index (κ3) is 4.26. The van der Waals surface area contributed by atoms with Gasteiger partial charge in [0.25, 0.3) is 0 Å². The Morgan fingerprint density at radius 2 is 1.83 bits per heavy atom. The van der Waals surface area contributed by atoms with E-state index in [1.54, 1.807) is 0 Å². The molecule has 5 rings (SSSR count). The Morgan fingerprint density at radius 1 is 1.00 bits per heavy atom. The topological polar surface area (TPSA) is 36.0 Å². The minimum atomic E-state index is -0.161. The van der Waals surface area contributed by atoms with Crippen LogP contribution in [-0.4, -0.2) is 73.2 Å². The number of carbonyl (C=O) groups is 1. The average molecular weight is 488 g/mol. The van der Waals surface area contributed by atoms with Gasteiger partial charge in [0.15, 0.2) is 0 Å². The monoisotopic (exact) mass is 487 g/mol. The molecule has 0 radical (unpaired) electrons. The van der Waals surface area contributed by atoms with E-state index < -0.39 is 0 Å². The molecule has 0 saturated carbocycles. The predicted molar refractivity (Wildman–Crippen MR) is 122 cm³/mol. The Kier molecular flexibility index (Phi) is 6.05. The number of cyclic esters (lactones) is 1. The third-order valence-corrected chi connectivity index (χ3v) is 8.02. The molecule has 0 spiro atoms. The van der Waals surface area contributed by atoms with E-state index in [1.165, 1.54) is 20.9 Å². The van der Waals surface area contributed by atoms with E-state index in [1.807, 2.05) is 16.7 Å². The van der Waals surface area contributed by atoms with E-state index in [2.05, 4.69) is 68.2 Å². The van der Waals surface area contributed by atoms with Crippen LogP contribution < -0.4 is 0 Å². The van der Waals surface area contributed by atoms with Crippen molar-refractivity contribution >= 4 is 33.8 Å². The summed E-state index contributed by atoms with van der Waals surface area (Å²) in [6, 6.07) is 16.0. The van der Waals surface area contributed by atoms with E-state index in [9.17, 15) is 4.79 Å². The van der Waals surface area contributed by atoms with Crippen molar-refractivity contribution in [1.82, 2.24) is 14.7 Å². The molecule has 3 aliphatic rings. The summed E-state index contributed by atoms with van der Waals surface area (Å²) in [5.41, 5.74) is 2.87. The number of rotatable bonds is 4. The molecule has 1 atom stereocenters. The standard InChI is InChI=1S/C23H26BrN3O2S/c24-18-5-6-21-17(15-18)16-20(19-3-1-2-4-22(19)30-21)26-10-7-25(8-11-26)9-12-27-13-14-29-23(27)28/h1-6,15,20H,7-14,16H2. The van der Waals surface area contributed by atoms with Crippen molar-refractivity contribution in [2.24, 2.45) is 0 Å². The van der Waals surface area contributed by atoms with Gasteiger partial charge >= 0.3 is 6.09 Å². The second-order valence-electron chi connectivity index (χ2n) is 8.09. The van der Waals surface area contributed by atoms with Gasteiger partial charge < -0.3 is 9.64 Å². The normalized spacial score (nSPS) is 22.4. The highest BCUT2D eigenvalue weighted by molar-refractivity contribution is 9.10. The maximum atomic E-state index is 11.7. The summed E-state index contributed by atoms with van der Waals surface area (Å²) in [6.07, 6.45) is 0.879. The van der Waals surface area contributed by atoms with Crippen molar-refractivity contribution in [2.45, 2.75) is 22.3 Å². The fourth-order valence-electron chi connectivity index (χ4n) is 4.61. The number of fused-ring (bicyclic) bond motifs is 2. The van der Waals surface area contributed by atoms with Crippen molar-refractivity contribution in [3.63, 3.8) is 0 Å². The van der Waals surface area contributed by atoms with Crippen LogP contribution in [0.2, 0.25) is 0 Å². The van der Waals surface area contributed by atoms with E-state index in [-0.39, 0.29) is 6.09 Å². The summed E-state index contributed by atoms with van der Waals surface area (Å²) in [5.74, 6) is 0. The molecular weight excluding hydrogens is 462 g/mol. The molecule has 0 bridgehead atoms. The van der Waals surface area contributed by atoms with E-state index in [0.29, 0.717) is 12.6 Å². The molecule has 2 fully saturated rings. The van der Waals surface area contributed by atoms with Gasteiger partial charge in [-0.2, -0.15) is 0 Å². The summed E-state index contributed by atoms with van der Waals surface area (Å²) < 4.78 is 6.19. The SMILES string of the molecule is O=C1OCCN1CCN1CCN(C2Cc3cc(Br)ccc3Sc3ccccc32)CC1. The van der Waals surface area contributed by atoms with Crippen LogP contribution in [0, 0.1) is 0 Å². The lowest BCUT2D eigenvalue weighted by Gasteiger charge is -2.40. The Labute approximate surface area is 190 Å². The smallest absolute Gasteiger partial charge is 0.409 e. The number of amides is 1. The Hall–Kier alpha value is -1.54. The summed E-state index contributed by atoms with van der Waals surface area (Å²) in [6.45, 7) is 7.14. The lowest BCUT2D eigenvalue weighted by molar-refractivity contribution is 0.0889. The van der Waals surface area contributed by atoms with Crippen LogP contribution in [0.3, 0.4) is 0 Å². The molecule has 0 aromatic heterocycles. The number of piperazine rings is 1. The molecule has 5 nitrogen and oxygen atoms in total. The molecule has 3 heterocycles. The van der Waals surface area contributed by atoms with Gasteiger partial charge in [0, 0.05) is 59.6 Å². The van der Waals surface area contributed by atoms with Crippen molar-refractivity contribution < 1.29 is 9.53 Å². The van der Waals surface area contributed by atoms with Crippen LogP contribution in [0.4, 0.5) is 4.79 Å². The van der Waals surface area contributed by atoms with Gasteiger partial charge in [-0.15, -0.1) is 0 Å². The molecule has 2 aromatic carbocycles. The summed E-state index contributed by atoms with van der Waals surface area (Å²) >= 11 is 5.55. The first-order valence-corrected chi connectivity index (χ1v) is 12.2. The maximum absolute atomic E-state index is 11.7. The molecule has 0 N–H and O–H groups in total. The fraction of sp³-hybridized carbons (Fsp3) is 0.435. The number of hydrogen-bond donors (Lipinski definition) is 0. The summed E-state index contributed by atoms with van der Waals surface area (Å²) in [5, 5.41) is 0. The number of halogens is 1. The van der Waals surface area contributed by atoms with Crippen LogP contribution in [0.5, 0.6) is 0 Å². The van der Waals surface area contributed by atoms with Crippen molar-refractivity contribution in [2.75, 3.05) is 52.4 Å². The minimum Gasteiger partial charge on any atom is -0.448 e. The highest BCUT2D eigenvalue weighted by Crippen LogP contribution is 2.43. The molecule has 3 aliphatic heterocycles. The van der Waals surface area contributed by atoms with E-state index in [4.69, 9.17) is 4.74 Å². The Bertz CT molecular complexity index is 932. The number of benzene rings is 2. The van der Waals surface area contributed by atoms with Crippen LogP contribution in [0.1, 0.15) is 17.2 Å². The molecular formula is C23H26BrN3O2S. The zero-order valence-electron chi connectivity index (χ0n) is 16.9. The molecule has 7 heteroatoms. The maximum Gasteiger partial charge on any atom is 0.409 e. The molecule has 1 amide bonds. The molecule has 0 aliphatic carbocycles. The number of hydrogen-bond acceptors (Lipinski definition) is 5. The Morgan fingerprint density at radius 3 is 2.63 bits per heavy atom. The molecule has 1 unspecified atom stereocenters. The van der Waals surface area contributed by atoms with Gasteiger partial charge in [-0.25, -0.2) is 4.79 Å². The molecule has 30 heavy (non-hydrogen) atoms. The van der Waals surface area contributed by atoms with Gasteiger partial charge in [-0.1, -0.05) is 45.9 Å². The molecule has 2 saturated heterocycles. The quantitative estimate of drug-likeness (QED) is 0.643. The zero-order valence-corrected chi connectivity index (χ0v) is 19.3. The van der Waals surface area contributed by atoms with Gasteiger partial charge in [0.1, 0.15) is 6.61 Å².